The molecule has 0 bridgehead atoms. The molecule has 20 heteroatoms. The number of carbonyl (C=O) groups excluding carboxylic acids is 2. The zero-order valence-corrected chi connectivity index (χ0v) is 27.8. The summed E-state index contributed by atoms with van der Waals surface area (Å²) in [7, 11) is -5.02. The fraction of sp³-hybridized carbons (Fsp3) is 0.500. The smallest absolute Gasteiger partial charge is 0.418 e. The molecule has 1 saturated heterocycles. The van der Waals surface area contributed by atoms with Crippen LogP contribution in [0.2, 0.25) is 0 Å². The lowest BCUT2D eigenvalue weighted by molar-refractivity contribution is -0.218. The number of nitrogens with two attached hydrogens (primary N) is 2. The van der Waals surface area contributed by atoms with Crippen LogP contribution < -0.4 is 26.8 Å². The van der Waals surface area contributed by atoms with Crippen LogP contribution in [0.4, 0.5) is 5.13 Å². The molecule has 1 fully saturated rings. The Morgan fingerprint density at radius 3 is 2.71 bits per heavy atom. The molecule has 0 spiro atoms. The van der Waals surface area contributed by atoms with E-state index in [-0.39, 0.29) is 23.3 Å². The van der Waals surface area contributed by atoms with Gasteiger partial charge in [-0.2, -0.15) is 13.5 Å². The third-order valence-electron chi connectivity index (χ3n) is 8.35. The highest BCUT2D eigenvalue weighted by atomic mass is 32.3. The zero-order chi connectivity index (χ0) is 35.0. The topological polar surface area (TPSA) is 270 Å². The number of nitrogen functional groups attached to an aromatic ring is 1. The van der Waals surface area contributed by atoms with E-state index >= 15 is 0 Å². The normalized spacial score (nSPS) is 23.4. The third kappa shape index (κ3) is 7.06. The van der Waals surface area contributed by atoms with Gasteiger partial charge in [0.05, 0.1) is 5.54 Å². The Balaban J connectivity index is 1.35. The van der Waals surface area contributed by atoms with Crippen LogP contribution in [0.5, 0.6) is 5.75 Å². The van der Waals surface area contributed by atoms with Crippen molar-refractivity contribution in [2.75, 3.05) is 18.8 Å². The molecule has 0 unspecified atom stereocenters. The summed E-state index contributed by atoms with van der Waals surface area (Å²) < 4.78 is 41.8. The Bertz CT molecular complexity index is 1780. The summed E-state index contributed by atoms with van der Waals surface area (Å²) in [5, 5.41) is 21.9. The maximum absolute atomic E-state index is 13.5. The molecule has 0 saturated carbocycles. The standard InChI is InChI=1S/C28H36N8O10S2/c1-27(2)21(24(38)36(27)46-48(41,42)43)34-23(37)20(17-13-47-26(30)33-17)35-45-28(3,25(39)40)19-7-5-14-12-15(4-6-18(14)44-19)22-31-11-9-16(32-22)8-10-29/h4,6,12-13,16,19,21H,5,7-11,29H2,1-3H3,(H2,30,33)(H,31,32)(H,34,37)(H,39,40)(H,41,42,43)/b35-20-/t16-,19-,21-,28+/m1/s1. The summed E-state index contributed by atoms with van der Waals surface area (Å²) in [5.74, 6) is -2.21. The van der Waals surface area contributed by atoms with Crippen molar-refractivity contribution < 1.29 is 46.3 Å². The number of aryl methyl sites for hydroxylation is 1. The van der Waals surface area contributed by atoms with E-state index in [1.165, 1.54) is 26.2 Å². The zero-order valence-electron chi connectivity index (χ0n) is 26.2. The molecule has 18 nitrogen and oxygen atoms in total. The number of amides is 2. The van der Waals surface area contributed by atoms with E-state index in [9.17, 15) is 27.9 Å². The third-order valence-corrected chi connectivity index (χ3v) is 9.36. The second kappa shape index (κ2) is 13.3. The van der Waals surface area contributed by atoms with Crippen molar-refractivity contribution in [3.8, 4) is 5.75 Å². The molecule has 0 radical (unpaired) electrons. The number of aliphatic imine (C=N–C) groups is 1. The molecule has 3 aliphatic heterocycles. The molecule has 1 aromatic carbocycles. The Morgan fingerprint density at radius 1 is 1.33 bits per heavy atom. The van der Waals surface area contributed by atoms with Gasteiger partial charge in [0.25, 0.3) is 17.4 Å². The number of amidine groups is 1. The van der Waals surface area contributed by atoms with Gasteiger partial charge in [-0.15, -0.1) is 15.6 Å². The number of nitrogens with zero attached hydrogens (tertiary/aromatic N) is 4. The van der Waals surface area contributed by atoms with Gasteiger partial charge in [-0.3, -0.25) is 19.1 Å². The number of rotatable bonds is 12. The number of nitrogens with one attached hydrogen (secondary N) is 2. The first-order valence-corrected chi connectivity index (χ1v) is 17.1. The van der Waals surface area contributed by atoms with Gasteiger partial charge in [0.1, 0.15) is 23.3 Å². The Labute approximate surface area is 279 Å². The summed E-state index contributed by atoms with van der Waals surface area (Å²) in [4.78, 5) is 52.9. The monoisotopic (exact) mass is 708 g/mol. The number of hydroxylamine groups is 2. The number of carboxylic acids is 1. The number of β-lactam (4-membered cyclic amide) rings is 1. The number of benzene rings is 1. The number of anilines is 1. The van der Waals surface area contributed by atoms with Gasteiger partial charge in [-0.1, -0.05) is 5.16 Å². The van der Waals surface area contributed by atoms with Crippen molar-refractivity contribution in [1.29, 1.82) is 0 Å². The van der Waals surface area contributed by atoms with Crippen LogP contribution in [0.3, 0.4) is 0 Å². The first-order valence-electron chi connectivity index (χ1n) is 14.9. The second-order valence-electron chi connectivity index (χ2n) is 12.1. The van der Waals surface area contributed by atoms with Gasteiger partial charge in [-0.25, -0.2) is 9.78 Å². The van der Waals surface area contributed by atoms with Gasteiger partial charge in [-0.05, 0) is 76.8 Å². The lowest BCUT2D eigenvalue weighted by Crippen LogP contribution is -2.76. The van der Waals surface area contributed by atoms with Crippen LogP contribution in [0, 0.1) is 0 Å². The summed E-state index contributed by atoms with van der Waals surface area (Å²) in [6.45, 7) is 5.25. The first-order chi connectivity index (χ1) is 22.5. The predicted molar refractivity (Wildman–Crippen MR) is 171 cm³/mol. The number of carboxylic acid groups (broad SMARTS) is 1. The minimum atomic E-state index is -5.02. The molecule has 4 atom stereocenters. The maximum Gasteiger partial charge on any atom is 0.418 e. The maximum atomic E-state index is 13.5. The molecular formula is C28H36N8O10S2. The fourth-order valence-electron chi connectivity index (χ4n) is 5.56. The molecule has 2 amide bonds. The van der Waals surface area contributed by atoms with Gasteiger partial charge < -0.3 is 36.8 Å². The van der Waals surface area contributed by atoms with Crippen molar-refractivity contribution >= 4 is 56.2 Å². The average molecular weight is 709 g/mol. The quantitative estimate of drug-likeness (QED) is 0.0732. The summed E-state index contributed by atoms with van der Waals surface area (Å²) >= 11 is 0.971. The number of fused-ring (bicyclic) bond motifs is 1. The minimum absolute atomic E-state index is 0.0650. The van der Waals surface area contributed by atoms with E-state index in [0.717, 1.165) is 41.1 Å². The van der Waals surface area contributed by atoms with E-state index in [1.54, 1.807) is 6.07 Å². The van der Waals surface area contributed by atoms with Crippen LogP contribution in [0.1, 0.15) is 56.9 Å². The molecule has 3 aliphatic rings. The number of carbonyl (C=O) groups is 3. The SMILES string of the molecule is CC1(C)[C@H](NC(=O)/C(=N\O[C@](C)(C(=O)O)[C@H]2CCc3cc(C4=NCC[C@@H](CCN)N4)ccc3O2)c2csc(N)n2)C(=O)N1OS(=O)(=O)O. The number of oxime groups is 1. The average Bonchev–Trinajstić information content (AvgIpc) is 3.47. The lowest BCUT2D eigenvalue weighted by Gasteiger charge is -2.50. The number of aromatic nitrogens is 1. The number of hydrogen-bond acceptors (Lipinski definition) is 15. The number of hydrogen-bond donors (Lipinski definition) is 6. The van der Waals surface area contributed by atoms with Crippen molar-refractivity contribution in [1.82, 2.24) is 20.7 Å². The highest BCUT2D eigenvalue weighted by Crippen LogP contribution is 2.35. The first kappa shape index (κ1) is 35.0. The second-order valence-corrected chi connectivity index (χ2v) is 14.0. The minimum Gasteiger partial charge on any atom is -0.485 e. The summed E-state index contributed by atoms with van der Waals surface area (Å²) in [6, 6.07) is 4.41. The Hall–Kier alpha value is -4.37. The Kier molecular flexibility index (Phi) is 9.66. The summed E-state index contributed by atoms with van der Waals surface area (Å²) in [6.07, 6.45) is 1.35. The highest BCUT2D eigenvalue weighted by molar-refractivity contribution is 7.80. The van der Waals surface area contributed by atoms with Crippen LogP contribution in [0.25, 0.3) is 0 Å². The van der Waals surface area contributed by atoms with Crippen LogP contribution in [0.15, 0.2) is 33.7 Å². The lowest BCUT2D eigenvalue weighted by atomic mass is 9.84. The predicted octanol–water partition coefficient (Wildman–Crippen LogP) is -0.0196. The van der Waals surface area contributed by atoms with Crippen molar-refractivity contribution in [2.45, 2.75) is 75.8 Å². The van der Waals surface area contributed by atoms with E-state index < -0.39 is 57.2 Å². The molecule has 8 N–H and O–H groups in total. The Morgan fingerprint density at radius 2 is 2.08 bits per heavy atom. The highest BCUT2D eigenvalue weighted by Gasteiger charge is 2.58. The number of ether oxygens (including phenoxy) is 1. The van der Waals surface area contributed by atoms with E-state index in [1.807, 2.05) is 12.1 Å². The number of thiazole rings is 1. The fourth-order valence-corrected chi connectivity index (χ4v) is 6.56. The molecule has 0 aliphatic carbocycles. The van der Waals surface area contributed by atoms with E-state index in [0.29, 0.717) is 30.3 Å². The van der Waals surface area contributed by atoms with Crippen molar-refractivity contribution in [3.63, 3.8) is 0 Å². The number of aliphatic carboxylic acids is 1. The van der Waals surface area contributed by atoms with Crippen LogP contribution in [-0.2, 0) is 40.3 Å². The van der Waals surface area contributed by atoms with Crippen LogP contribution in [-0.4, -0.2) is 99.9 Å². The van der Waals surface area contributed by atoms with E-state index in [4.69, 9.17) is 25.6 Å². The van der Waals surface area contributed by atoms with Crippen molar-refractivity contribution in [3.05, 3.63) is 40.4 Å². The van der Waals surface area contributed by atoms with Crippen LogP contribution >= 0.6 is 11.3 Å². The van der Waals surface area contributed by atoms with Gasteiger partial charge >= 0.3 is 16.4 Å². The molecule has 4 heterocycles. The molecule has 1 aromatic heterocycles. The van der Waals surface area contributed by atoms with Crippen molar-refractivity contribution in [2.24, 2.45) is 15.9 Å². The van der Waals surface area contributed by atoms with Gasteiger partial charge in [0.15, 0.2) is 16.9 Å². The van der Waals surface area contributed by atoms with E-state index in [2.05, 4.69) is 30.0 Å². The molecule has 2 aromatic rings. The molecular weight excluding hydrogens is 672 g/mol. The van der Waals surface area contributed by atoms with Gasteiger partial charge in [0, 0.05) is 23.5 Å². The molecule has 5 rings (SSSR count). The largest absolute Gasteiger partial charge is 0.485 e. The summed E-state index contributed by atoms with van der Waals surface area (Å²) in [5.41, 5.74) is 9.09. The van der Waals surface area contributed by atoms with Gasteiger partial charge in [0.2, 0.25) is 0 Å². The molecule has 260 valence electrons. The molecule has 48 heavy (non-hydrogen) atoms.